The first-order valence-corrected chi connectivity index (χ1v) is 7.40. The Hall–Kier alpha value is -1.78. The molecule has 1 aromatic rings. The predicted molar refractivity (Wildman–Crippen MR) is 83.6 cm³/mol. The third kappa shape index (κ3) is 3.18. The lowest BCUT2D eigenvalue weighted by molar-refractivity contribution is -0.142. The number of carbonyl (C=O) groups is 2. The molecule has 0 N–H and O–H groups in total. The van der Waals surface area contributed by atoms with Gasteiger partial charge in [-0.25, -0.2) is 9.59 Å². The lowest BCUT2D eigenvalue weighted by Crippen LogP contribution is -2.26. The fraction of sp³-hybridized carbons (Fsp3) is 0.250. The minimum atomic E-state index is -0.888. The van der Waals surface area contributed by atoms with Gasteiger partial charge < -0.3 is 9.47 Å². The first-order valence-electron chi connectivity index (χ1n) is 6.64. The summed E-state index contributed by atoms with van der Waals surface area (Å²) in [5.74, 6) is -1.94. The molecule has 0 saturated carbocycles. The van der Waals surface area contributed by atoms with Gasteiger partial charge in [0.15, 0.2) is 6.10 Å². The summed E-state index contributed by atoms with van der Waals surface area (Å²) in [6, 6.07) is 9.02. The van der Waals surface area contributed by atoms with Crippen molar-refractivity contribution >= 4 is 35.1 Å². The maximum atomic E-state index is 12.0. The van der Waals surface area contributed by atoms with E-state index >= 15 is 0 Å². The van der Waals surface area contributed by atoms with E-state index in [4.69, 9.17) is 32.7 Å². The van der Waals surface area contributed by atoms with Gasteiger partial charge in [-0.15, -0.1) is 0 Å². The Bertz CT molecular complexity index is 637. The highest BCUT2D eigenvalue weighted by atomic mass is 35.5. The molecular weight excluding hydrogens is 327 g/mol. The maximum Gasteiger partial charge on any atom is 0.351 e. The summed E-state index contributed by atoms with van der Waals surface area (Å²) in [6.45, 7) is 5.70. The second-order valence-corrected chi connectivity index (χ2v) is 5.41. The zero-order chi connectivity index (χ0) is 16.3. The van der Waals surface area contributed by atoms with E-state index in [1.165, 1.54) is 0 Å². The lowest BCUT2D eigenvalue weighted by atomic mass is 9.87. The van der Waals surface area contributed by atoms with E-state index in [1.807, 2.05) is 6.07 Å². The minimum Gasteiger partial charge on any atom is -0.463 e. The van der Waals surface area contributed by atoms with Gasteiger partial charge in [0.1, 0.15) is 5.03 Å². The Balaban J connectivity index is 2.42. The summed E-state index contributed by atoms with van der Waals surface area (Å²) in [5.41, 5.74) is 0.873. The zero-order valence-corrected chi connectivity index (χ0v) is 13.4. The summed E-state index contributed by atoms with van der Waals surface area (Å²) in [6.07, 6.45) is -0.888. The molecule has 0 bridgehead atoms. The molecule has 0 aromatic heterocycles. The van der Waals surface area contributed by atoms with Crippen molar-refractivity contribution in [2.24, 2.45) is 0 Å². The number of halogens is 2. The van der Waals surface area contributed by atoms with Crippen molar-refractivity contribution in [3.05, 3.63) is 58.1 Å². The molecular formula is C16H14Cl2O4. The first kappa shape index (κ1) is 16.6. The van der Waals surface area contributed by atoms with E-state index in [1.54, 1.807) is 31.2 Å². The molecule has 0 saturated heterocycles. The van der Waals surface area contributed by atoms with Crippen LogP contribution in [0.4, 0.5) is 0 Å². The number of hydrogen-bond donors (Lipinski definition) is 0. The molecule has 2 unspecified atom stereocenters. The number of ether oxygens (including phenoxy) is 2. The Morgan fingerprint density at radius 1 is 1.36 bits per heavy atom. The fourth-order valence-electron chi connectivity index (χ4n) is 2.23. The fourth-order valence-corrected chi connectivity index (χ4v) is 2.63. The van der Waals surface area contributed by atoms with E-state index in [-0.39, 0.29) is 22.2 Å². The van der Waals surface area contributed by atoms with E-state index in [2.05, 4.69) is 6.58 Å². The van der Waals surface area contributed by atoms with Crippen molar-refractivity contribution < 1.29 is 19.1 Å². The molecule has 2 atom stereocenters. The molecule has 0 amide bonds. The molecule has 1 aliphatic rings. The van der Waals surface area contributed by atoms with E-state index < -0.39 is 24.0 Å². The molecule has 1 aliphatic heterocycles. The van der Waals surface area contributed by atoms with Crippen molar-refractivity contribution in [2.75, 3.05) is 6.61 Å². The number of cyclic esters (lactones) is 1. The normalized spacial score (nSPS) is 18.9. The van der Waals surface area contributed by atoms with Gasteiger partial charge in [-0.3, -0.25) is 0 Å². The minimum absolute atomic E-state index is 0.0611. The van der Waals surface area contributed by atoms with Crippen molar-refractivity contribution in [3.63, 3.8) is 0 Å². The molecule has 1 aromatic carbocycles. The van der Waals surface area contributed by atoms with E-state index in [9.17, 15) is 9.59 Å². The Morgan fingerprint density at radius 3 is 2.50 bits per heavy atom. The first-order chi connectivity index (χ1) is 10.5. The van der Waals surface area contributed by atoms with Crippen LogP contribution in [0, 0.1) is 0 Å². The third-order valence-corrected chi connectivity index (χ3v) is 4.11. The average Bonchev–Trinajstić information content (AvgIpc) is 2.76. The third-order valence-electron chi connectivity index (χ3n) is 3.25. The van der Waals surface area contributed by atoms with Gasteiger partial charge in [-0.1, -0.05) is 60.1 Å². The lowest BCUT2D eigenvalue weighted by Gasteiger charge is -2.24. The highest BCUT2D eigenvalue weighted by Gasteiger charge is 2.41. The topological polar surface area (TPSA) is 52.6 Å². The number of rotatable bonds is 5. The number of esters is 2. The summed E-state index contributed by atoms with van der Waals surface area (Å²) in [7, 11) is 0. The maximum absolute atomic E-state index is 12.0. The summed E-state index contributed by atoms with van der Waals surface area (Å²) >= 11 is 11.9. The predicted octanol–water partition coefficient (Wildman–Crippen LogP) is 3.50. The molecule has 1 heterocycles. The Labute approximate surface area is 138 Å². The van der Waals surface area contributed by atoms with Crippen molar-refractivity contribution in [1.82, 2.24) is 0 Å². The SMILES string of the molecule is C=C(C(=O)OCC)C(c1ccccc1)C1OC(=O)C(Cl)=C1Cl. The quantitative estimate of drug-likeness (QED) is 0.608. The van der Waals surface area contributed by atoms with Crippen LogP contribution in [0.2, 0.25) is 0 Å². The Kier molecular flexibility index (Phi) is 5.27. The van der Waals surface area contributed by atoms with Gasteiger partial charge in [-0.2, -0.15) is 0 Å². The molecule has 6 heteroatoms. The highest BCUT2D eigenvalue weighted by Crippen LogP contribution is 2.40. The summed E-state index contributed by atoms with van der Waals surface area (Å²) in [5, 5.41) is -0.116. The van der Waals surface area contributed by atoms with Gasteiger partial charge in [-0.05, 0) is 12.5 Å². The molecule has 22 heavy (non-hydrogen) atoms. The van der Waals surface area contributed by atoms with Gasteiger partial charge in [0, 0.05) is 5.57 Å². The molecule has 0 spiro atoms. The van der Waals surface area contributed by atoms with Crippen LogP contribution in [0.1, 0.15) is 18.4 Å². The second kappa shape index (κ2) is 6.99. The van der Waals surface area contributed by atoms with Gasteiger partial charge in [0.05, 0.1) is 17.6 Å². The van der Waals surface area contributed by atoms with Crippen LogP contribution in [0.25, 0.3) is 0 Å². The van der Waals surface area contributed by atoms with Crippen LogP contribution in [-0.2, 0) is 19.1 Å². The molecule has 0 radical (unpaired) electrons. The van der Waals surface area contributed by atoms with Crippen LogP contribution < -0.4 is 0 Å². The monoisotopic (exact) mass is 340 g/mol. The summed E-state index contributed by atoms with van der Waals surface area (Å²) in [4.78, 5) is 23.6. The molecule has 0 fully saturated rings. The smallest absolute Gasteiger partial charge is 0.351 e. The van der Waals surface area contributed by atoms with Gasteiger partial charge in [0.25, 0.3) is 0 Å². The number of benzene rings is 1. The van der Waals surface area contributed by atoms with Crippen molar-refractivity contribution in [3.8, 4) is 0 Å². The van der Waals surface area contributed by atoms with Crippen LogP contribution in [0.3, 0.4) is 0 Å². The van der Waals surface area contributed by atoms with E-state index in [0.29, 0.717) is 0 Å². The van der Waals surface area contributed by atoms with Crippen molar-refractivity contribution in [1.29, 1.82) is 0 Å². The number of hydrogen-bond acceptors (Lipinski definition) is 4. The van der Waals surface area contributed by atoms with Crippen LogP contribution in [0.5, 0.6) is 0 Å². The second-order valence-electron chi connectivity index (χ2n) is 4.62. The zero-order valence-electron chi connectivity index (χ0n) is 11.8. The van der Waals surface area contributed by atoms with E-state index in [0.717, 1.165) is 5.56 Å². The molecule has 4 nitrogen and oxygen atoms in total. The Morgan fingerprint density at radius 2 is 2.00 bits per heavy atom. The summed E-state index contributed by atoms with van der Waals surface area (Å²) < 4.78 is 10.2. The number of carbonyl (C=O) groups excluding carboxylic acids is 2. The average molecular weight is 341 g/mol. The molecule has 116 valence electrons. The standard InChI is InChI=1S/C16H14Cl2O4/c1-3-21-15(19)9(2)11(10-7-5-4-6-8-10)14-12(17)13(18)16(20)22-14/h4-8,11,14H,2-3H2,1H3. The molecule has 0 aliphatic carbocycles. The van der Waals surface area contributed by atoms with Gasteiger partial charge >= 0.3 is 11.9 Å². The van der Waals surface area contributed by atoms with Crippen molar-refractivity contribution in [2.45, 2.75) is 18.9 Å². The van der Waals surface area contributed by atoms with Crippen LogP contribution in [-0.4, -0.2) is 24.6 Å². The largest absolute Gasteiger partial charge is 0.463 e. The molecule has 2 rings (SSSR count). The van der Waals surface area contributed by atoms with Crippen LogP contribution in [0.15, 0.2) is 52.5 Å². The van der Waals surface area contributed by atoms with Crippen LogP contribution >= 0.6 is 23.2 Å². The van der Waals surface area contributed by atoms with Gasteiger partial charge in [0.2, 0.25) is 0 Å². The highest BCUT2D eigenvalue weighted by molar-refractivity contribution is 6.48.